The topological polar surface area (TPSA) is 38.8 Å². The lowest BCUT2D eigenvalue weighted by Crippen LogP contribution is -2.08. The largest absolute Gasteiger partial charge is 0.466 e. The van der Waals surface area contributed by atoms with Crippen molar-refractivity contribution in [2.24, 2.45) is 0 Å². The maximum Gasteiger partial charge on any atom is 0.330 e. The molecule has 0 aromatic rings. The first-order valence-electron chi connectivity index (χ1n) is 4.25. The first-order chi connectivity index (χ1) is 5.81. The number of ether oxygens (including phenoxy) is 2. The number of carbonyl (C=O) groups excluding carboxylic acids is 1. The van der Waals surface area contributed by atoms with Crippen LogP contribution in [-0.2, 0) is 14.3 Å². The minimum Gasteiger partial charge on any atom is -0.466 e. The summed E-state index contributed by atoms with van der Waals surface area (Å²) < 4.78 is 9.91. The van der Waals surface area contributed by atoms with Gasteiger partial charge >= 0.3 is 5.97 Å². The molecular formula is C9H12O3. The van der Waals surface area contributed by atoms with Crippen LogP contribution in [-0.4, -0.2) is 25.3 Å². The molecule has 1 heterocycles. The minimum absolute atomic E-state index is 0.234. The molecule has 1 saturated carbocycles. The summed E-state index contributed by atoms with van der Waals surface area (Å²) in [6.45, 7) is 0. The van der Waals surface area contributed by atoms with E-state index in [2.05, 4.69) is 4.74 Å². The van der Waals surface area contributed by atoms with E-state index in [1.807, 2.05) is 0 Å². The molecule has 66 valence electrons. The SMILES string of the molecule is COC(=O)/C=C1/CCCC2OC12. The van der Waals surface area contributed by atoms with Gasteiger partial charge in [0, 0.05) is 6.08 Å². The van der Waals surface area contributed by atoms with Gasteiger partial charge in [-0.3, -0.25) is 0 Å². The third-order valence-electron chi connectivity index (χ3n) is 2.41. The molecular weight excluding hydrogens is 156 g/mol. The summed E-state index contributed by atoms with van der Waals surface area (Å²) in [4.78, 5) is 10.9. The lowest BCUT2D eigenvalue weighted by Gasteiger charge is -2.07. The summed E-state index contributed by atoms with van der Waals surface area (Å²) in [6, 6.07) is 0. The highest BCUT2D eigenvalue weighted by Crippen LogP contribution is 2.40. The van der Waals surface area contributed by atoms with Gasteiger partial charge in [-0.2, -0.15) is 0 Å². The van der Waals surface area contributed by atoms with Crippen molar-refractivity contribution in [1.29, 1.82) is 0 Å². The van der Waals surface area contributed by atoms with Crippen LogP contribution in [0.2, 0.25) is 0 Å². The standard InChI is InChI=1S/C9H12O3/c1-11-8(10)5-6-3-2-4-7-9(6)12-7/h5,7,9H,2-4H2,1H3/b6-5-. The zero-order valence-electron chi connectivity index (χ0n) is 7.08. The van der Waals surface area contributed by atoms with Crippen molar-refractivity contribution < 1.29 is 14.3 Å². The molecule has 3 nitrogen and oxygen atoms in total. The first kappa shape index (κ1) is 7.80. The highest BCUT2D eigenvalue weighted by atomic mass is 16.6. The number of esters is 1. The average Bonchev–Trinajstić information content (AvgIpc) is 2.84. The molecule has 3 heteroatoms. The van der Waals surface area contributed by atoms with Crippen LogP contribution >= 0.6 is 0 Å². The van der Waals surface area contributed by atoms with Crippen LogP contribution in [0, 0.1) is 0 Å². The van der Waals surface area contributed by atoms with Crippen molar-refractivity contribution >= 4 is 5.97 Å². The molecule has 0 amide bonds. The fourth-order valence-corrected chi connectivity index (χ4v) is 1.70. The quantitative estimate of drug-likeness (QED) is 0.333. The number of rotatable bonds is 1. The van der Waals surface area contributed by atoms with Gasteiger partial charge in [-0.05, 0) is 24.8 Å². The zero-order chi connectivity index (χ0) is 8.55. The Balaban J connectivity index is 2.02. The van der Waals surface area contributed by atoms with Crippen LogP contribution in [0.1, 0.15) is 19.3 Å². The van der Waals surface area contributed by atoms with Gasteiger partial charge < -0.3 is 9.47 Å². The van der Waals surface area contributed by atoms with Gasteiger partial charge in [0.05, 0.1) is 13.2 Å². The summed E-state index contributed by atoms with van der Waals surface area (Å²) in [7, 11) is 1.40. The molecule has 0 N–H and O–H groups in total. The third kappa shape index (κ3) is 1.37. The maximum absolute atomic E-state index is 10.9. The highest BCUT2D eigenvalue weighted by molar-refractivity contribution is 5.83. The molecule has 12 heavy (non-hydrogen) atoms. The molecule has 0 radical (unpaired) electrons. The predicted octanol–water partition coefficient (Wildman–Crippen LogP) is 1.04. The van der Waals surface area contributed by atoms with Crippen LogP contribution in [0.4, 0.5) is 0 Å². The van der Waals surface area contributed by atoms with E-state index >= 15 is 0 Å². The van der Waals surface area contributed by atoms with Crippen LogP contribution in [0.25, 0.3) is 0 Å². The lowest BCUT2D eigenvalue weighted by atomic mass is 9.95. The summed E-state index contributed by atoms with van der Waals surface area (Å²) in [5, 5.41) is 0. The van der Waals surface area contributed by atoms with Gasteiger partial charge in [-0.25, -0.2) is 4.79 Å². The van der Waals surface area contributed by atoms with E-state index in [4.69, 9.17) is 4.74 Å². The monoisotopic (exact) mass is 168 g/mol. The zero-order valence-corrected chi connectivity index (χ0v) is 7.08. The summed E-state index contributed by atoms with van der Waals surface area (Å²) >= 11 is 0. The van der Waals surface area contributed by atoms with E-state index in [1.54, 1.807) is 6.08 Å². The number of hydrogen-bond acceptors (Lipinski definition) is 3. The molecule has 2 unspecified atom stereocenters. The fourth-order valence-electron chi connectivity index (χ4n) is 1.70. The molecule has 2 aliphatic rings. The number of carbonyl (C=O) groups is 1. The Morgan fingerprint density at radius 1 is 1.75 bits per heavy atom. The van der Waals surface area contributed by atoms with Gasteiger partial charge in [-0.15, -0.1) is 0 Å². The van der Waals surface area contributed by atoms with Crippen LogP contribution in [0.15, 0.2) is 11.6 Å². The van der Waals surface area contributed by atoms with Crippen LogP contribution < -0.4 is 0 Å². The molecule has 2 rings (SSSR count). The van der Waals surface area contributed by atoms with Crippen LogP contribution in [0.3, 0.4) is 0 Å². The van der Waals surface area contributed by atoms with E-state index in [1.165, 1.54) is 7.11 Å². The molecule has 1 aliphatic carbocycles. The Bertz CT molecular complexity index is 232. The fraction of sp³-hybridized carbons (Fsp3) is 0.667. The third-order valence-corrected chi connectivity index (χ3v) is 2.41. The van der Waals surface area contributed by atoms with Crippen LogP contribution in [0.5, 0.6) is 0 Å². The average molecular weight is 168 g/mol. The Labute approximate surface area is 71.3 Å². The second-order valence-electron chi connectivity index (χ2n) is 3.23. The molecule has 0 bridgehead atoms. The van der Waals surface area contributed by atoms with E-state index < -0.39 is 0 Å². The minimum atomic E-state index is -0.263. The van der Waals surface area contributed by atoms with Gasteiger partial charge in [0.1, 0.15) is 6.10 Å². The van der Waals surface area contributed by atoms with Crippen molar-refractivity contribution in [2.45, 2.75) is 31.5 Å². The van der Waals surface area contributed by atoms with Gasteiger partial charge in [0.2, 0.25) is 0 Å². The van der Waals surface area contributed by atoms with E-state index in [-0.39, 0.29) is 12.1 Å². The Morgan fingerprint density at radius 2 is 2.58 bits per heavy atom. The number of methoxy groups -OCH3 is 1. The van der Waals surface area contributed by atoms with Gasteiger partial charge in [-0.1, -0.05) is 0 Å². The second-order valence-corrected chi connectivity index (χ2v) is 3.23. The van der Waals surface area contributed by atoms with Crippen molar-refractivity contribution in [3.8, 4) is 0 Å². The van der Waals surface area contributed by atoms with Crippen molar-refractivity contribution in [2.75, 3.05) is 7.11 Å². The number of epoxide rings is 1. The maximum atomic E-state index is 10.9. The lowest BCUT2D eigenvalue weighted by molar-refractivity contribution is -0.134. The van der Waals surface area contributed by atoms with Crippen molar-refractivity contribution in [3.05, 3.63) is 11.6 Å². The second kappa shape index (κ2) is 2.90. The van der Waals surface area contributed by atoms with Gasteiger partial charge in [0.15, 0.2) is 0 Å². The smallest absolute Gasteiger partial charge is 0.330 e. The van der Waals surface area contributed by atoms with Crippen molar-refractivity contribution in [1.82, 2.24) is 0 Å². The number of hydrogen-bond donors (Lipinski definition) is 0. The Kier molecular flexibility index (Phi) is 1.89. The van der Waals surface area contributed by atoms with Crippen molar-refractivity contribution in [3.63, 3.8) is 0 Å². The molecule has 1 saturated heterocycles. The molecule has 0 aromatic heterocycles. The summed E-state index contributed by atoms with van der Waals surface area (Å²) in [6.07, 6.45) is 5.46. The number of fused-ring (bicyclic) bond motifs is 1. The van der Waals surface area contributed by atoms with E-state index in [0.717, 1.165) is 24.8 Å². The molecule has 1 aliphatic heterocycles. The van der Waals surface area contributed by atoms with E-state index in [9.17, 15) is 4.79 Å². The highest BCUT2D eigenvalue weighted by Gasteiger charge is 2.43. The Morgan fingerprint density at radius 3 is 3.33 bits per heavy atom. The molecule has 2 atom stereocenters. The summed E-state index contributed by atoms with van der Waals surface area (Å²) in [5.74, 6) is -0.263. The summed E-state index contributed by atoms with van der Waals surface area (Å²) in [5.41, 5.74) is 1.11. The molecule has 2 fully saturated rings. The predicted molar refractivity (Wildman–Crippen MR) is 42.6 cm³/mol. The molecule has 0 spiro atoms. The van der Waals surface area contributed by atoms with E-state index in [0.29, 0.717) is 6.10 Å². The Hall–Kier alpha value is -0.830. The van der Waals surface area contributed by atoms with Gasteiger partial charge in [0.25, 0.3) is 0 Å². The first-order valence-corrected chi connectivity index (χ1v) is 4.25. The normalized spacial score (nSPS) is 35.9. The molecule has 0 aromatic carbocycles.